The van der Waals surface area contributed by atoms with E-state index in [1.165, 1.54) is 11.3 Å². The van der Waals surface area contributed by atoms with Gasteiger partial charge >= 0.3 is 0 Å². The fourth-order valence-electron chi connectivity index (χ4n) is 1.30. The average Bonchev–Trinajstić information content (AvgIpc) is 3.69. The molecule has 0 saturated heterocycles. The molecule has 31 heavy (non-hydrogen) atoms. The molecule has 0 unspecified atom stereocenters. The first-order chi connectivity index (χ1) is 15.5. The van der Waals surface area contributed by atoms with Crippen LogP contribution in [0.25, 0.3) is 0 Å². The van der Waals surface area contributed by atoms with E-state index in [0.29, 0.717) is 0 Å². The Hall–Kier alpha value is -3.05. The van der Waals surface area contributed by atoms with Gasteiger partial charge in [-0.15, -0.1) is 44.2 Å². The fourth-order valence-corrected chi connectivity index (χ4v) is 2.73. The van der Waals surface area contributed by atoms with Gasteiger partial charge in [-0.05, 0) is 35.0 Å². The maximum Gasteiger partial charge on any atom is 0.103 e. The lowest BCUT2D eigenvalue weighted by atomic mass is 10.5. The fraction of sp³-hybridized carbons (Fsp3) is 0. The lowest BCUT2D eigenvalue weighted by Crippen LogP contribution is -1.58. The van der Waals surface area contributed by atoms with Crippen LogP contribution in [-0.2, 0) is 0 Å². The Kier molecular flexibility index (Phi) is 19.5. The minimum Gasteiger partial charge on any atom is -0.368 e. The quantitative estimate of drug-likeness (QED) is 0.259. The number of thiophene rings is 1. The summed E-state index contributed by atoms with van der Waals surface area (Å²) in [6.07, 6.45) is 10.8. The van der Waals surface area contributed by atoms with Gasteiger partial charge in [0.1, 0.15) is 11.0 Å². The molecule has 6 nitrogen and oxygen atoms in total. The lowest BCUT2D eigenvalue weighted by molar-refractivity contribution is 1.09. The van der Waals surface area contributed by atoms with Crippen LogP contribution in [0.4, 0.5) is 0 Å². The van der Waals surface area contributed by atoms with Gasteiger partial charge < -0.3 is 4.98 Å². The highest BCUT2D eigenvalue weighted by Gasteiger charge is 1.61. The second-order valence-corrected chi connectivity index (χ2v) is 7.65. The van der Waals surface area contributed by atoms with E-state index in [4.69, 9.17) is 0 Å². The molecule has 0 saturated carbocycles. The Morgan fingerprint density at radius 3 is 1.16 bits per heavy atom. The molecule has 0 aliphatic heterocycles. The zero-order valence-corrected chi connectivity index (χ0v) is 19.8. The predicted octanol–water partition coefficient (Wildman–Crippen LogP) is 6.67. The topological polar surface area (TPSA) is 80.2 Å². The first-order valence-electron chi connectivity index (χ1n) is 8.73. The first kappa shape index (κ1) is 26.0. The summed E-state index contributed by atoms with van der Waals surface area (Å²) in [7, 11) is 0. The van der Waals surface area contributed by atoms with Crippen molar-refractivity contribution in [3.8, 4) is 0 Å². The molecule has 0 atom stereocenters. The number of aromatic nitrogens is 6. The Bertz CT molecular complexity index is 660. The van der Waals surface area contributed by atoms with E-state index in [0.717, 1.165) is 0 Å². The van der Waals surface area contributed by atoms with Crippen molar-refractivity contribution in [3.63, 3.8) is 0 Å². The van der Waals surface area contributed by atoms with Crippen molar-refractivity contribution in [3.05, 3.63) is 123 Å². The second-order valence-electron chi connectivity index (χ2n) is 4.63. The van der Waals surface area contributed by atoms with E-state index in [1.54, 1.807) is 80.8 Å². The monoisotopic (exact) mass is 486 g/mol. The van der Waals surface area contributed by atoms with E-state index in [2.05, 4.69) is 30.1 Å². The SMILES string of the molecule is c1cc[nH]c1.c1ccncc1.c1ccsc1.c1cscn1.c1cscn1.c1nncs1. The molecule has 1 N–H and O–H groups in total. The molecule has 0 aromatic carbocycles. The molecular weight excluding hydrogens is 465 g/mol. The van der Waals surface area contributed by atoms with Gasteiger partial charge in [-0.25, -0.2) is 0 Å². The molecule has 6 heterocycles. The van der Waals surface area contributed by atoms with Crippen molar-refractivity contribution in [1.29, 1.82) is 0 Å². The van der Waals surface area contributed by atoms with E-state index in [1.807, 2.05) is 76.4 Å². The maximum absolute atomic E-state index is 3.78. The van der Waals surface area contributed by atoms with Crippen molar-refractivity contribution < 1.29 is 0 Å². The number of thiazole rings is 2. The number of hydrogen-bond acceptors (Lipinski definition) is 9. The first-order valence-corrected chi connectivity index (χ1v) is 12.5. The summed E-state index contributed by atoms with van der Waals surface area (Å²) in [5, 5.41) is 14.9. The summed E-state index contributed by atoms with van der Waals surface area (Å²) in [5.74, 6) is 0. The third kappa shape index (κ3) is 21.5. The van der Waals surface area contributed by atoms with Crippen LogP contribution in [0.5, 0.6) is 0 Å². The smallest absolute Gasteiger partial charge is 0.103 e. The average molecular weight is 487 g/mol. The molecule has 0 aliphatic rings. The number of nitrogens with one attached hydrogen (secondary N) is 1. The number of aromatic amines is 1. The van der Waals surface area contributed by atoms with Crippen LogP contribution in [0, 0.1) is 0 Å². The Morgan fingerprint density at radius 2 is 1.00 bits per heavy atom. The molecule has 160 valence electrons. The minimum atomic E-state index is 1.49. The van der Waals surface area contributed by atoms with Crippen molar-refractivity contribution in [1.82, 2.24) is 30.1 Å². The van der Waals surface area contributed by atoms with Crippen molar-refractivity contribution >= 4 is 45.3 Å². The van der Waals surface area contributed by atoms with E-state index in [-0.39, 0.29) is 0 Å². The van der Waals surface area contributed by atoms with Crippen molar-refractivity contribution in [2.24, 2.45) is 0 Å². The van der Waals surface area contributed by atoms with Crippen LogP contribution in [-0.4, -0.2) is 30.1 Å². The summed E-state index contributed by atoms with van der Waals surface area (Å²) < 4.78 is 0. The third-order valence-electron chi connectivity index (χ3n) is 2.46. The van der Waals surface area contributed by atoms with Gasteiger partial charge in [-0.3, -0.25) is 15.0 Å². The number of H-pyrrole nitrogens is 1. The summed E-state index contributed by atoms with van der Waals surface area (Å²) in [6, 6.07) is 13.6. The van der Waals surface area contributed by atoms with Gasteiger partial charge in [-0.1, -0.05) is 18.2 Å². The van der Waals surface area contributed by atoms with Crippen LogP contribution in [0.15, 0.2) is 123 Å². The molecule has 0 radical (unpaired) electrons. The van der Waals surface area contributed by atoms with Gasteiger partial charge in [0, 0.05) is 47.9 Å². The zero-order chi connectivity index (χ0) is 21.9. The Labute approximate surface area is 198 Å². The lowest BCUT2D eigenvalue weighted by Gasteiger charge is -1.70. The van der Waals surface area contributed by atoms with Crippen molar-refractivity contribution in [2.45, 2.75) is 0 Å². The van der Waals surface area contributed by atoms with Gasteiger partial charge in [0.05, 0.1) is 11.0 Å². The van der Waals surface area contributed by atoms with Gasteiger partial charge in [0.25, 0.3) is 0 Å². The highest BCUT2D eigenvalue weighted by Crippen LogP contribution is 1.91. The Morgan fingerprint density at radius 1 is 0.419 bits per heavy atom. The van der Waals surface area contributed by atoms with E-state index in [9.17, 15) is 0 Å². The molecule has 10 heteroatoms. The number of nitrogens with zero attached hydrogens (tertiary/aromatic N) is 5. The van der Waals surface area contributed by atoms with E-state index < -0.39 is 0 Å². The summed E-state index contributed by atoms with van der Waals surface area (Å²) >= 11 is 6.41. The second kappa shape index (κ2) is 23.2. The van der Waals surface area contributed by atoms with Crippen LogP contribution in [0.3, 0.4) is 0 Å². The summed E-state index contributed by atoms with van der Waals surface area (Å²) in [4.78, 5) is 14.1. The molecular formula is C21H22N6S4. The van der Waals surface area contributed by atoms with Crippen LogP contribution in [0.2, 0.25) is 0 Å². The van der Waals surface area contributed by atoms with Crippen LogP contribution >= 0.6 is 45.3 Å². The molecule has 6 rings (SSSR count). The van der Waals surface area contributed by atoms with Crippen LogP contribution < -0.4 is 0 Å². The summed E-state index contributed by atoms with van der Waals surface area (Å²) in [6.45, 7) is 0. The van der Waals surface area contributed by atoms with Gasteiger partial charge in [0.2, 0.25) is 0 Å². The molecule has 6 aromatic heterocycles. The maximum atomic E-state index is 3.78. The number of hydrogen-bond donors (Lipinski definition) is 1. The molecule has 6 aromatic rings. The van der Waals surface area contributed by atoms with Crippen LogP contribution in [0.1, 0.15) is 0 Å². The molecule has 0 spiro atoms. The normalized spacial score (nSPS) is 8.00. The minimum absolute atomic E-state index is 1.49. The van der Waals surface area contributed by atoms with Gasteiger partial charge in [-0.2, -0.15) is 11.3 Å². The predicted molar refractivity (Wildman–Crippen MR) is 133 cm³/mol. The molecule has 0 amide bonds. The highest BCUT2D eigenvalue weighted by atomic mass is 32.1. The highest BCUT2D eigenvalue weighted by molar-refractivity contribution is 7.08. The third-order valence-corrected chi connectivity index (χ3v) is 4.57. The molecule has 0 fully saturated rings. The molecule has 0 aliphatic carbocycles. The molecule has 0 bridgehead atoms. The van der Waals surface area contributed by atoms with Gasteiger partial charge in [0.15, 0.2) is 0 Å². The zero-order valence-electron chi connectivity index (χ0n) is 16.5. The number of pyridine rings is 1. The largest absolute Gasteiger partial charge is 0.368 e. The standard InChI is InChI=1S/C5H5N.C4H5N.C4H4S.2C3H3NS.C2H2N2S/c1-2-4-6-5-3-1;2*1-2-4-5-3-1;2*1-2-5-3-4-1;1-3-4-2-5-1/h1-5H;1-5H;1-4H;2*1-3H;1-2H. The Balaban J connectivity index is 0.000000186. The number of rotatable bonds is 0. The van der Waals surface area contributed by atoms with E-state index >= 15 is 0 Å². The summed E-state index contributed by atoms with van der Waals surface area (Å²) in [5.41, 5.74) is 6.94. The van der Waals surface area contributed by atoms with Crippen molar-refractivity contribution in [2.75, 3.05) is 0 Å².